The zero-order valence-corrected chi connectivity index (χ0v) is 20.8. The Bertz CT molecular complexity index is 538. The number of ether oxygens (including phenoxy) is 1. The maximum Gasteiger partial charge on any atom is 0.505 e. The van der Waals surface area contributed by atoms with Crippen LogP contribution in [-0.2, 0) is 14.3 Å². The van der Waals surface area contributed by atoms with E-state index in [1.165, 1.54) is 0 Å². The van der Waals surface area contributed by atoms with Gasteiger partial charge >= 0.3 is 6.16 Å². The highest BCUT2D eigenvalue weighted by molar-refractivity contribution is 5.85. The van der Waals surface area contributed by atoms with Crippen molar-refractivity contribution in [3.63, 3.8) is 0 Å². The van der Waals surface area contributed by atoms with Gasteiger partial charge in [-0.15, -0.1) is 0 Å². The first kappa shape index (κ1) is 32.0. The van der Waals surface area contributed by atoms with Crippen molar-refractivity contribution in [2.45, 2.75) is 76.7 Å². The van der Waals surface area contributed by atoms with Crippen molar-refractivity contribution in [2.75, 3.05) is 52.4 Å². The minimum atomic E-state index is -1.39. The number of rotatable bonds is 23. The van der Waals surface area contributed by atoms with Gasteiger partial charge in [-0.2, -0.15) is 0 Å². The smallest absolute Gasteiger partial charge is 0.450 e. The Balaban J connectivity index is 4.64. The topological polar surface area (TPSA) is 186 Å². The van der Waals surface area contributed by atoms with Gasteiger partial charge in [0, 0.05) is 6.54 Å². The van der Waals surface area contributed by atoms with Crippen LogP contribution in [0.4, 0.5) is 4.79 Å². The molecule has 2 amide bonds. The van der Waals surface area contributed by atoms with Crippen LogP contribution in [0, 0.1) is 0 Å². The molecule has 0 aromatic heterocycles. The molecule has 0 saturated carbocycles. The van der Waals surface area contributed by atoms with E-state index in [0.29, 0.717) is 26.1 Å². The molecule has 0 saturated heterocycles. The van der Waals surface area contributed by atoms with E-state index in [2.05, 4.69) is 15.4 Å². The molecular formula is C23H48N6O5. The fourth-order valence-corrected chi connectivity index (χ4v) is 3.50. The third-order valence-corrected chi connectivity index (χ3v) is 5.43. The van der Waals surface area contributed by atoms with Crippen LogP contribution in [0.3, 0.4) is 0 Å². The molecule has 0 rings (SSSR count). The van der Waals surface area contributed by atoms with Gasteiger partial charge in [0.25, 0.3) is 0 Å². The van der Waals surface area contributed by atoms with Crippen molar-refractivity contribution in [1.82, 2.24) is 15.5 Å². The van der Waals surface area contributed by atoms with E-state index in [1.807, 2.05) is 0 Å². The standard InChI is InChI=1S/C23H48N6O5/c24-12-6-2-1-3-9-15-27-17-22(31)29(16-10-4-7-13-25)18-21(30)28-20(11-5-8-14-26)19-34-23(32)33/h20,27H,1-19,24-26H2,(H,28,30)(H,32,33)/t20-/m0/s1. The first-order valence-electron chi connectivity index (χ1n) is 12.7. The van der Waals surface area contributed by atoms with E-state index < -0.39 is 12.2 Å². The number of hydrogen-bond donors (Lipinski definition) is 6. The zero-order valence-electron chi connectivity index (χ0n) is 20.8. The summed E-state index contributed by atoms with van der Waals surface area (Å²) >= 11 is 0. The minimum Gasteiger partial charge on any atom is -0.450 e. The summed E-state index contributed by atoms with van der Waals surface area (Å²) in [6.45, 7) is 3.01. The van der Waals surface area contributed by atoms with Gasteiger partial charge in [-0.3, -0.25) is 9.59 Å². The highest BCUT2D eigenvalue weighted by Gasteiger charge is 2.20. The summed E-state index contributed by atoms with van der Waals surface area (Å²) in [6.07, 6.45) is 8.57. The molecule has 0 aromatic carbocycles. The maximum absolute atomic E-state index is 12.8. The van der Waals surface area contributed by atoms with Gasteiger partial charge in [0.1, 0.15) is 6.61 Å². The van der Waals surface area contributed by atoms with Gasteiger partial charge in [-0.25, -0.2) is 4.79 Å². The Morgan fingerprint density at radius 3 is 2.06 bits per heavy atom. The normalized spacial score (nSPS) is 11.7. The molecule has 0 radical (unpaired) electrons. The lowest BCUT2D eigenvalue weighted by Crippen LogP contribution is -2.48. The van der Waals surface area contributed by atoms with Crippen molar-refractivity contribution >= 4 is 18.0 Å². The zero-order chi connectivity index (χ0) is 25.4. The number of amides is 2. The second-order valence-corrected chi connectivity index (χ2v) is 8.52. The summed E-state index contributed by atoms with van der Waals surface area (Å²) < 4.78 is 4.65. The molecule has 0 aromatic rings. The van der Waals surface area contributed by atoms with Crippen LogP contribution in [0.2, 0.25) is 0 Å². The number of nitrogens with one attached hydrogen (secondary N) is 2. The molecule has 0 spiro atoms. The summed E-state index contributed by atoms with van der Waals surface area (Å²) in [5.74, 6) is -0.466. The van der Waals surface area contributed by atoms with Crippen molar-refractivity contribution in [3.05, 3.63) is 0 Å². The molecule has 0 heterocycles. The lowest BCUT2D eigenvalue weighted by atomic mass is 10.1. The minimum absolute atomic E-state index is 0.0807. The van der Waals surface area contributed by atoms with Crippen LogP contribution in [0.25, 0.3) is 0 Å². The fourth-order valence-electron chi connectivity index (χ4n) is 3.50. The van der Waals surface area contributed by atoms with Gasteiger partial charge in [0.05, 0.1) is 19.1 Å². The number of carboxylic acid groups (broad SMARTS) is 1. The number of nitrogens with zero attached hydrogens (tertiary/aromatic N) is 1. The molecule has 34 heavy (non-hydrogen) atoms. The van der Waals surface area contributed by atoms with Gasteiger partial charge in [-0.1, -0.05) is 32.1 Å². The molecule has 0 aliphatic carbocycles. The van der Waals surface area contributed by atoms with E-state index in [9.17, 15) is 14.4 Å². The van der Waals surface area contributed by atoms with Crippen molar-refractivity contribution in [2.24, 2.45) is 17.2 Å². The van der Waals surface area contributed by atoms with Crippen LogP contribution in [0.5, 0.6) is 0 Å². The second kappa shape index (κ2) is 22.8. The third-order valence-electron chi connectivity index (χ3n) is 5.43. The average Bonchev–Trinajstić information content (AvgIpc) is 2.81. The molecule has 0 aliphatic rings. The monoisotopic (exact) mass is 488 g/mol. The quantitative estimate of drug-likeness (QED) is 0.0891. The van der Waals surface area contributed by atoms with E-state index in [-0.39, 0.29) is 31.5 Å². The number of carbonyl (C=O) groups is 3. The average molecular weight is 489 g/mol. The van der Waals surface area contributed by atoms with Crippen LogP contribution in [0.1, 0.15) is 70.6 Å². The van der Waals surface area contributed by atoms with E-state index in [4.69, 9.17) is 22.3 Å². The number of hydrogen-bond acceptors (Lipinski definition) is 8. The molecule has 0 bridgehead atoms. The Labute approximate surface area is 204 Å². The first-order chi connectivity index (χ1) is 16.4. The number of unbranched alkanes of at least 4 members (excludes halogenated alkanes) is 7. The molecule has 11 nitrogen and oxygen atoms in total. The van der Waals surface area contributed by atoms with Crippen molar-refractivity contribution in [3.8, 4) is 0 Å². The molecule has 200 valence electrons. The van der Waals surface area contributed by atoms with E-state index in [1.54, 1.807) is 4.90 Å². The molecule has 11 heteroatoms. The van der Waals surface area contributed by atoms with Gasteiger partial charge in [0.15, 0.2) is 0 Å². The molecule has 0 fully saturated rings. The van der Waals surface area contributed by atoms with Gasteiger partial charge in [-0.05, 0) is 64.7 Å². The maximum atomic E-state index is 12.8. The predicted molar refractivity (Wildman–Crippen MR) is 133 cm³/mol. The second-order valence-electron chi connectivity index (χ2n) is 8.52. The molecule has 0 unspecified atom stereocenters. The summed E-state index contributed by atoms with van der Waals surface area (Å²) in [5.41, 5.74) is 16.6. The Morgan fingerprint density at radius 1 is 0.824 bits per heavy atom. The summed E-state index contributed by atoms with van der Waals surface area (Å²) in [6, 6.07) is -0.457. The summed E-state index contributed by atoms with van der Waals surface area (Å²) in [4.78, 5) is 37.7. The lowest BCUT2D eigenvalue weighted by Gasteiger charge is -2.24. The highest BCUT2D eigenvalue weighted by Crippen LogP contribution is 2.04. The summed E-state index contributed by atoms with van der Waals surface area (Å²) in [5, 5.41) is 14.8. The Hall–Kier alpha value is -1.95. The van der Waals surface area contributed by atoms with E-state index in [0.717, 1.165) is 77.3 Å². The molecule has 9 N–H and O–H groups in total. The number of carbonyl (C=O) groups excluding carboxylic acids is 2. The van der Waals surface area contributed by atoms with Crippen LogP contribution >= 0.6 is 0 Å². The predicted octanol–water partition coefficient (Wildman–Crippen LogP) is 0.751. The molecule has 1 atom stereocenters. The van der Waals surface area contributed by atoms with Gasteiger partial charge < -0.3 is 42.6 Å². The van der Waals surface area contributed by atoms with Crippen LogP contribution in [0.15, 0.2) is 0 Å². The van der Waals surface area contributed by atoms with Gasteiger partial charge in [0.2, 0.25) is 11.8 Å². The Kier molecular flexibility index (Phi) is 21.5. The SMILES string of the molecule is NCCCCCCCNCC(=O)N(CCCCCN)CC(=O)N[C@@H](CCCCN)COC(=O)O. The molecular weight excluding hydrogens is 440 g/mol. The van der Waals surface area contributed by atoms with E-state index >= 15 is 0 Å². The lowest BCUT2D eigenvalue weighted by molar-refractivity contribution is -0.135. The van der Waals surface area contributed by atoms with Crippen molar-refractivity contribution in [1.29, 1.82) is 0 Å². The van der Waals surface area contributed by atoms with Crippen molar-refractivity contribution < 1.29 is 24.2 Å². The third kappa shape index (κ3) is 19.5. The van der Waals surface area contributed by atoms with Crippen LogP contribution in [-0.4, -0.2) is 86.4 Å². The summed E-state index contributed by atoms with van der Waals surface area (Å²) in [7, 11) is 0. The highest BCUT2D eigenvalue weighted by atomic mass is 16.7. The first-order valence-corrected chi connectivity index (χ1v) is 12.7. The largest absolute Gasteiger partial charge is 0.505 e. The van der Waals surface area contributed by atoms with Crippen LogP contribution < -0.4 is 27.8 Å². The Morgan fingerprint density at radius 2 is 1.41 bits per heavy atom. The molecule has 0 aliphatic heterocycles. The number of nitrogens with two attached hydrogens (primary N) is 3. The fraction of sp³-hybridized carbons (Fsp3) is 0.870.